The van der Waals surface area contributed by atoms with Crippen LogP contribution in [0.3, 0.4) is 0 Å². The van der Waals surface area contributed by atoms with E-state index in [1.54, 1.807) is 0 Å². The number of hydrogen-bond acceptors (Lipinski definition) is 3. The van der Waals surface area contributed by atoms with Gasteiger partial charge in [0.05, 0.1) is 12.7 Å². The zero-order valence-corrected chi connectivity index (χ0v) is 12.5. The van der Waals surface area contributed by atoms with Gasteiger partial charge in [-0.2, -0.15) is 0 Å². The minimum atomic E-state index is -0.399. The zero-order valence-electron chi connectivity index (χ0n) is 12.5. The van der Waals surface area contributed by atoms with Gasteiger partial charge in [0.25, 0.3) is 0 Å². The standard InChI is InChI=1S/C17H27NO2/c1-2-3-10-20-13-17(19)12-18-16-9-8-14-6-4-5-7-15(14)11-16/h4-7,16-19H,2-3,8-13H2,1H3. The summed E-state index contributed by atoms with van der Waals surface area (Å²) in [5.74, 6) is 0. The first-order valence-electron chi connectivity index (χ1n) is 7.85. The molecule has 112 valence electrons. The average molecular weight is 277 g/mol. The quantitative estimate of drug-likeness (QED) is 0.717. The van der Waals surface area contributed by atoms with Gasteiger partial charge in [-0.1, -0.05) is 37.6 Å². The molecule has 0 saturated heterocycles. The van der Waals surface area contributed by atoms with E-state index in [9.17, 15) is 5.11 Å². The Kier molecular flexibility index (Phi) is 6.51. The predicted molar refractivity (Wildman–Crippen MR) is 82.0 cm³/mol. The van der Waals surface area contributed by atoms with Crippen molar-refractivity contribution in [1.29, 1.82) is 0 Å². The smallest absolute Gasteiger partial charge is 0.0897 e. The number of nitrogens with one attached hydrogen (secondary N) is 1. The molecule has 0 amide bonds. The lowest BCUT2D eigenvalue weighted by atomic mass is 9.88. The second-order valence-electron chi connectivity index (χ2n) is 5.70. The Bertz CT molecular complexity index is 394. The molecule has 0 spiro atoms. The van der Waals surface area contributed by atoms with Crippen LogP contribution in [0, 0.1) is 0 Å². The number of benzene rings is 1. The minimum absolute atomic E-state index is 0.399. The molecule has 0 radical (unpaired) electrons. The fraction of sp³-hybridized carbons (Fsp3) is 0.647. The van der Waals surface area contributed by atoms with E-state index in [2.05, 4.69) is 36.5 Å². The third-order valence-electron chi connectivity index (χ3n) is 3.94. The van der Waals surface area contributed by atoms with Crippen molar-refractivity contribution < 1.29 is 9.84 Å². The molecule has 1 aliphatic carbocycles. The second kappa shape index (κ2) is 8.40. The summed E-state index contributed by atoms with van der Waals surface area (Å²) in [6, 6.07) is 9.15. The Morgan fingerprint density at radius 3 is 2.95 bits per heavy atom. The molecule has 0 saturated carbocycles. The molecule has 1 aromatic carbocycles. The lowest BCUT2D eigenvalue weighted by Gasteiger charge is -2.26. The number of ether oxygens (including phenoxy) is 1. The summed E-state index contributed by atoms with van der Waals surface area (Å²) >= 11 is 0. The van der Waals surface area contributed by atoms with E-state index < -0.39 is 6.10 Å². The van der Waals surface area contributed by atoms with Gasteiger partial charge in [0.1, 0.15) is 0 Å². The van der Waals surface area contributed by atoms with Gasteiger partial charge >= 0.3 is 0 Å². The van der Waals surface area contributed by atoms with Gasteiger partial charge in [-0.3, -0.25) is 0 Å². The number of unbranched alkanes of at least 4 members (excludes halogenated alkanes) is 1. The molecule has 3 heteroatoms. The maximum atomic E-state index is 9.89. The summed E-state index contributed by atoms with van der Waals surface area (Å²) in [7, 11) is 0. The highest BCUT2D eigenvalue weighted by atomic mass is 16.5. The van der Waals surface area contributed by atoms with Gasteiger partial charge in [-0.25, -0.2) is 0 Å². The average Bonchev–Trinajstić information content (AvgIpc) is 2.49. The molecule has 2 unspecified atom stereocenters. The molecule has 0 fully saturated rings. The first kappa shape index (κ1) is 15.5. The molecule has 0 aliphatic heterocycles. The van der Waals surface area contributed by atoms with Crippen molar-refractivity contribution in [2.75, 3.05) is 19.8 Å². The van der Waals surface area contributed by atoms with Gasteiger partial charge in [0, 0.05) is 19.2 Å². The summed E-state index contributed by atoms with van der Waals surface area (Å²) in [6.07, 6.45) is 5.16. The monoisotopic (exact) mass is 277 g/mol. The second-order valence-corrected chi connectivity index (χ2v) is 5.70. The number of hydrogen-bond donors (Lipinski definition) is 2. The van der Waals surface area contributed by atoms with Crippen LogP contribution in [0.25, 0.3) is 0 Å². The topological polar surface area (TPSA) is 41.5 Å². The Hall–Kier alpha value is -0.900. The molecule has 2 atom stereocenters. The molecule has 0 bridgehead atoms. The summed E-state index contributed by atoms with van der Waals surface area (Å²) in [6.45, 7) is 3.96. The number of aliphatic hydroxyl groups is 1. The van der Waals surface area contributed by atoms with Crippen LogP contribution in [0.4, 0.5) is 0 Å². The highest BCUT2D eigenvalue weighted by molar-refractivity contribution is 5.30. The fourth-order valence-electron chi connectivity index (χ4n) is 2.70. The molecule has 1 aliphatic rings. The maximum absolute atomic E-state index is 9.89. The largest absolute Gasteiger partial charge is 0.389 e. The van der Waals surface area contributed by atoms with Crippen LogP contribution in [-0.2, 0) is 17.6 Å². The summed E-state index contributed by atoms with van der Waals surface area (Å²) in [4.78, 5) is 0. The van der Waals surface area contributed by atoms with Crippen LogP contribution < -0.4 is 5.32 Å². The van der Waals surface area contributed by atoms with Gasteiger partial charge in [0.15, 0.2) is 0 Å². The van der Waals surface area contributed by atoms with Crippen molar-refractivity contribution >= 4 is 0 Å². The number of aliphatic hydroxyl groups excluding tert-OH is 1. The van der Waals surface area contributed by atoms with Crippen molar-refractivity contribution in [1.82, 2.24) is 5.32 Å². The van der Waals surface area contributed by atoms with Gasteiger partial charge < -0.3 is 15.2 Å². The van der Waals surface area contributed by atoms with E-state index in [0.29, 0.717) is 19.2 Å². The van der Waals surface area contributed by atoms with E-state index in [1.165, 1.54) is 11.1 Å². The van der Waals surface area contributed by atoms with Crippen molar-refractivity contribution in [3.63, 3.8) is 0 Å². The van der Waals surface area contributed by atoms with Gasteiger partial charge in [-0.15, -0.1) is 0 Å². The van der Waals surface area contributed by atoms with Gasteiger partial charge in [0.2, 0.25) is 0 Å². The van der Waals surface area contributed by atoms with Crippen LogP contribution in [0.2, 0.25) is 0 Å². The molecule has 20 heavy (non-hydrogen) atoms. The Labute approximate surface area is 122 Å². The van der Waals surface area contributed by atoms with Crippen LogP contribution in [0.15, 0.2) is 24.3 Å². The van der Waals surface area contributed by atoms with Gasteiger partial charge in [-0.05, 0) is 36.8 Å². The van der Waals surface area contributed by atoms with E-state index >= 15 is 0 Å². The van der Waals surface area contributed by atoms with Crippen molar-refractivity contribution in [2.45, 2.75) is 51.2 Å². The summed E-state index contributed by atoms with van der Waals surface area (Å²) < 4.78 is 5.44. The third kappa shape index (κ3) is 4.89. The maximum Gasteiger partial charge on any atom is 0.0897 e. The molecule has 3 nitrogen and oxygen atoms in total. The normalized spacial score (nSPS) is 19.6. The van der Waals surface area contributed by atoms with Crippen molar-refractivity contribution in [3.05, 3.63) is 35.4 Å². The molecular formula is C17H27NO2. The third-order valence-corrected chi connectivity index (χ3v) is 3.94. The number of rotatable bonds is 8. The fourth-order valence-corrected chi connectivity index (χ4v) is 2.70. The molecule has 0 aromatic heterocycles. The van der Waals surface area contributed by atoms with E-state index in [0.717, 1.165) is 38.7 Å². The Morgan fingerprint density at radius 1 is 1.35 bits per heavy atom. The molecule has 2 N–H and O–H groups in total. The first-order valence-corrected chi connectivity index (χ1v) is 7.85. The van der Waals surface area contributed by atoms with Crippen molar-refractivity contribution in [2.24, 2.45) is 0 Å². The van der Waals surface area contributed by atoms with Crippen LogP contribution >= 0.6 is 0 Å². The SMILES string of the molecule is CCCCOCC(O)CNC1CCc2ccccc2C1. The molecule has 2 rings (SSSR count). The summed E-state index contributed by atoms with van der Waals surface area (Å²) in [5, 5.41) is 13.4. The Morgan fingerprint density at radius 2 is 2.15 bits per heavy atom. The van der Waals surface area contributed by atoms with E-state index in [1.807, 2.05) is 0 Å². The van der Waals surface area contributed by atoms with Crippen molar-refractivity contribution in [3.8, 4) is 0 Å². The van der Waals surface area contributed by atoms with E-state index in [4.69, 9.17) is 4.74 Å². The Balaban J connectivity index is 1.65. The lowest BCUT2D eigenvalue weighted by molar-refractivity contribution is 0.0343. The van der Waals surface area contributed by atoms with Crippen LogP contribution in [0.5, 0.6) is 0 Å². The first-order chi connectivity index (χ1) is 9.79. The predicted octanol–water partition coefficient (Wildman–Crippen LogP) is 2.31. The van der Waals surface area contributed by atoms with E-state index in [-0.39, 0.29) is 0 Å². The number of aryl methyl sites for hydroxylation is 1. The molecular weight excluding hydrogens is 250 g/mol. The minimum Gasteiger partial charge on any atom is -0.389 e. The van der Waals surface area contributed by atoms with Crippen LogP contribution in [-0.4, -0.2) is 37.0 Å². The molecule has 0 heterocycles. The highest BCUT2D eigenvalue weighted by Crippen LogP contribution is 2.20. The number of fused-ring (bicyclic) bond motifs is 1. The van der Waals surface area contributed by atoms with Crippen LogP contribution in [0.1, 0.15) is 37.3 Å². The lowest BCUT2D eigenvalue weighted by Crippen LogP contribution is -2.40. The highest BCUT2D eigenvalue weighted by Gasteiger charge is 2.18. The zero-order chi connectivity index (χ0) is 14.2. The summed E-state index contributed by atoms with van der Waals surface area (Å²) in [5.41, 5.74) is 2.93. The molecule has 1 aromatic rings.